The summed E-state index contributed by atoms with van der Waals surface area (Å²) in [4.78, 5) is 15.6. The van der Waals surface area contributed by atoms with Crippen LogP contribution in [-0.4, -0.2) is 17.6 Å². The molecule has 0 saturated carbocycles. The molecule has 0 radical (unpaired) electrons. The van der Waals surface area contributed by atoms with Gasteiger partial charge in [-0.3, -0.25) is 0 Å². The topological polar surface area (TPSA) is 46.0 Å². The number of carbonyl (C=O) groups is 1. The van der Waals surface area contributed by atoms with Crippen LogP contribution in [0.4, 0.5) is 0 Å². The number of fused-ring (bicyclic) bond motifs is 3. The molecule has 0 amide bonds. The van der Waals surface area contributed by atoms with E-state index in [9.17, 15) is 4.79 Å². The normalized spacial score (nSPS) is 11.1. The first-order valence-electron chi connectivity index (χ1n) is 7.35. The average Bonchev–Trinajstić information content (AvgIpc) is 2.84. The zero-order valence-corrected chi connectivity index (χ0v) is 12.3. The van der Waals surface area contributed by atoms with Crippen LogP contribution in [0.2, 0.25) is 0 Å². The van der Waals surface area contributed by atoms with Crippen molar-refractivity contribution in [2.45, 2.75) is 26.8 Å². The summed E-state index contributed by atoms with van der Waals surface area (Å²) in [6.07, 6.45) is 2.97. The van der Waals surface area contributed by atoms with Crippen molar-refractivity contribution in [3.05, 3.63) is 42.2 Å². The van der Waals surface area contributed by atoms with Crippen LogP contribution in [0, 0.1) is 0 Å². The zero-order valence-electron chi connectivity index (χ0n) is 12.3. The van der Waals surface area contributed by atoms with Gasteiger partial charge in [-0.15, -0.1) is 0 Å². The van der Waals surface area contributed by atoms with E-state index in [0.29, 0.717) is 12.3 Å². The van der Waals surface area contributed by atoms with Crippen LogP contribution in [0.3, 0.4) is 0 Å². The van der Waals surface area contributed by atoms with Gasteiger partial charge in [0, 0.05) is 28.8 Å². The fourth-order valence-corrected chi connectivity index (χ4v) is 2.69. The fourth-order valence-electron chi connectivity index (χ4n) is 2.69. The Morgan fingerprint density at radius 3 is 2.76 bits per heavy atom. The molecular formula is C17H19N2O2+. The van der Waals surface area contributed by atoms with Gasteiger partial charge in [-0.1, -0.05) is 25.1 Å². The molecule has 3 rings (SSSR count). The van der Waals surface area contributed by atoms with E-state index in [4.69, 9.17) is 4.74 Å². The Kier molecular flexibility index (Phi) is 3.60. The summed E-state index contributed by atoms with van der Waals surface area (Å²) in [5.74, 6) is -0.266. The minimum Gasteiger partial charge on any atom is -0.458 e. The molecule has 108 valence electrons. The quantitative estimate of drug-likeness (QED) is 0.590. The number of hydrogen-bond acceptors (Lipinski definition) is 2. The van der Waals surface area contributed by atoms with Crippen molar-refractivity contribution in [3.8, 4) is 0 Å². The van der Waals surface area contributed by atoms with E-state index in [-0.39, 0.29) is 5.97 Å². The number of ether oxygens (including phenoxy) is 1. The van der Waals surface area contributed by atoms with Crippen LogP contribution in [-0.2, 0) is 11.3 Å². The summed E-state index contributed by atoms with van der Waals surface area (Å²) in [5, 5.41) is 2.18. The van der Waals surface area contributed by atoms with Gasteiger partial charge < -0.3 is 9.72 Å². The number of hydrogen-bond donors (Lipinski definition) is 1. The number of aromatic nitrogens is 2. The number of nitrogens with one attached hydrogen (secondary N) is 1. The van der Waals surface area contributed by atoms with Gasteiger partial charge in [-0.25, -0.2) is 4.79 Å². The SMILES string of the molecule is CCC[n+]1cc2[nH]c3ccccc3c2cc1C(=O)OCC. The molecule has 1 aromatic carbocycles. The molecule has 0 aliphatic carbocycles. The highest BCUT2D eigenvalue weighted by Gasteiger charge is 2.22. The molecule has 4 nitrogen and oxygen atoms in total. The molecule has 3 aromatic rings. The van der Waals surface area contributed by atoms with E-state index in [1.165, 1.54) is 0 Å². The van der Waals surface area contributed by atoms with Gasteiger partial charge >= 0.3 is 5.97 Å². The molecule has 0 aliphatic rings. The standard InChI is InChI=1S/C17H18N2O2/c1-3-9-19-11-15-13(10-16(19)17(20)21-4-2)12-7-5-6-8-14(12)18-15/h5-8,10-11H,3-4,9H2,1-2H3/p+1. The second-order valence-electron chi connectivity index (χ2n) is 5.07. The molecule has 0 saturated heterocycles. The molecule has 0 spiro atoms. The number of aryl methyl sites for hydroxylation is 1. The molecule has 2 heterocycles. The lowest BCUT2D eigenvalue weighted by Gasteiger charge is -2.03. The maximum absolute atomic E-state index is 12.2. The van der Waals surface area contributed by atoms with E-state index in [0.717, 1.165) is 34.8 Å². The highest BCUT2D eigenvalue weighted by Crippen LogP contribution is 2.24. The lowest BCUT2D eigenvalue weighted by molar-refractivity contribution is -0.698. The van der Waals surface area contributed by atoms with Crippen molar-refractivity contribution in [2.75, 3.05) is 6.61 Å². The summed E-state index contributed by atoms with van der Waals surface area (Å²) < 4.78 is 7.15. The van der Waals surface area contributed by atoms with Gasteiger partial charge in [0.25, 0.3) is 5.69 Å². The predicted octanol–water partition coefficient (Wildman–Crippen LogP) is 3.20. The van der Waals surface area contributed by atoms with Gasteiger partial charge in [0.05, 0.1) is 6.61 Å². The molecule has 0 atom stereocenters. The minimum atomic E-state index is -0.266. The Morgan fingerprint density at radius 1 is 1.19 bits per heavy atom. The summed E-state index contributed by atoms with van der Waals surface area (Å²) in [6.45, 7) is 5.10. The Bertz CT molecular complexity index is 805. The van der Waals surface area contributed by atoms with Crippen LogP contribution in [0.25, 0.3) is 21.8 Å². The minimum absolute atomic E-state index is 0.266. The van der Waals surface area contributed by atoms with E-state index in [1.54, 1.807) is 0 Å². The van der Waals surface area contributed by atoms with Crippen molar-refractivity contribution in [1.29, 1.82) is 0 Å². The third-order valence-electron chi connectivity index (χ3n) is 3.60. The number of pyridine rings is 1. The zero-order chi connectivity index (χ0) is 14.8. The van der Waals surface area contributed by atoms with Crippen LogP contribution in [0.5, 0.6) is 0 Å². The van der Waals surface area contributed by atoms with Gasteiger partial charge in [-0.2, -0.15) is 4.57 Å². The van der Waals surface area contributed by atoms with Crippen molar-refractivity contribution in [1.82, 2.24) is 4.98 Å². The van der Waals surface area contributed by atoms with E-state index >= 15 is 0 Å². The Morgan fingerprint density at radius 2 is 2.00 bits per heavy atom. The summed E-state index contributed by atoms with van der Waals surface area (Å²) in [5.41, 5.74) is 2.73. The first-order chi connectivity index (χ1) is 10.2. The first kappa shape index (κ1) is 13.6. The molecule has 0 unspecified atom stereocenters. The molecule has 2 aromatic heterocycles. The van der Waals surface area contributed by atoms with Gasteiger partial charge in [-0.05, 0) is 13.0 Å². The number of H-pyrrole nitrogens is 1. The third kappa shape index (κ3) is 2.37. The lowest BCUT2D eigenvalue weighted by atomic mass is 10.1. The predicted molar refractivity (Wildman–Crippen MR) is 82.2 cm³/mol. The van der Waals surface area contributed by atoms with Crippen LogP contribution in [0.15, 0.2) is 36.5 Å². The molecule has 21 heavy (non-hydrogen) atoms. The summed E-state index contributed by atoms with van der Waals surface area (Å²) >= 11 is 0. The Labute approximate surface area is 123 Å². The molecular weight excluding hydrogens is 264 g/mol. The summed E-state index contributed by atoms with van der Waals surface area (Å²) in [6, 6.07) is 10.1. The average molecular weight is 283 g/mol. The molecule has 0 fully saturated rings. The second kappa shape index (κ2) is 5.56. The number of aromatic amines is 1. The van der Waals surface area contributed by atoms with Gasteiger partial charge in [0.2, 0.25) is 0 Å². The van der Waals surface area contributed by atoms with E-state index in [1.807, 2.05) is 42.0 Å². The number of nitrogens with zero attached hydrogens (tertiary/aromatic N) is 1. The molecule has 1 N–H and O–H groups in total. The van der Waals surface area contributed by atoms with Crippen LogP contribution < -0.4 is 4.57 Å². The number of esters is 1. The Hall–Kier alpha value is -2.36. The largest absolute Gasteiger partial charge is 0.458 e. The number of rotatable bonds is 4. The molecule has 0 aliphatic heterocycles. The smallest absolute Gasteiger partial charge is 0.403 e. The molecule has 4 heteroatoms. The number of benzene rings is 1. The highest BCUT2D eigenvalue weighted by atomic mass is 16.5. The maximum atomic E-state index is 12.2. The number of para-hydroxylation sites is 1. The highest BCUT2D eigenvalue weighted by molar-refractivity contribution is 6.08. The Balaban J connectivity index is 2.25. The lowest BCUT2D eigenvalue weighted by Crippen LogP contribution is -2.40. The second-order valence-corrected chi connectivity index (χ2v) is 5.07. The van der Waals surface area contributed by atoms with Crippen molar-refractivity contribution < 1.29 is 14.1 Å². The maximum Gasteiger partial charge on any atom is 0.403 e. The first-order valence-corrected chi connectivity index (χ1v) is 7.35. The third-order valence-corrected chi connectivity index (χ3v) is 3.60. The van der Waals surface area contributed by atoms with Crippen molar-refractivity contribution >= 4 is 27.8 Å². The fraction of sp³-hybridized carbons (Fsp3) is 0.294. The van der Waals surface area contributed by atoms with Crippen LogP contribution in [0.1, 0.15) is 30.8 Å². The van der Waals surface area contributed by atoms with Crippen LogP contribution >= 0.6 is 0 Å². The molecule has 0 bridgehead atoms. The number of carbonyl (C=O) groups excluding carboxylic acids is 1. The monoisotopic (exact) mass is 283 g/mol. The van der Waals surface area contributed by atoms with Crippen molar-refractivity contribution in [2.24, 2.45) is 0 Å². The van der Waals surface area contributed by atoms with Gasteiger partial charge in [0.1, 0.15) is 12.1 Å². The summed E-state index contributed by atoms with van der Waals surface area (Å²) in [7, 11) is 0. The van der Waals surface area contributed by atoms with Gasteiger partial charge in [0.15, 0.2) is 6.20 Å². The van der Waals surface area contributed by atoms with E-state index < -0.39 is 0 Å². The van der Waals surface area contributed by atoms with E-state index in [2.05, 4.69) is 18.0 Å². The van der Waals surface area contributed by atoms with Crippen molar-refractivity contribution in [3.63, 3.8) is 0 Å².